The molecule has 2 N–H and O–H groups in total. The highest BCUT2D eigenvalue weighted by Gasteiger charge is 2.52. The molecule has 134 valence electrons. The number of amides is 2. The third-order valence-electron chi connectivity index (χ3n) is 4.43. The van der Waals surface area contributed by atoms with Crippen molar-refractivity contribution in [2.75, 3.05) is 11.1 Å². The molecule has 0 bridgehead atoms. The van der Waals surface area contributed by atoms with Crippen LogP contribution in [0.5, 0.6) is 0 Å². The zero-order valence-electron chi connectivity index (χ0n) is 14.6. The molecule has 1 aromatic carbocycles. The van der Waals surface area contributed by atoms with Crippen molar-refractivity contribution < 1.29 is 14.7 Å². The first-order valence-corrected chi connectivity index (χ1v) is 9.49. The molecule has 1 saturated heterocycles. The van der Waals surface area contributed by atoms with Crippen LogP contribution in [0, 0.1) is 12.3 Å². The average Bonchev–Trinajstić information content (AvgIpc) is 3.03. The minimum Gasteiger partial charge on any atom is -0.509 e. The number of hydrogen-bond donors (Lipinski definition) is 2. The van der Waals surface area contributed by atoms with Crippen LogP contribution < -0.4 is 5.32 Å². The van der Waals surface area contributed by atoms with Crippen LogP contribution in [-0.2, 0) is 9.59 Å². The Balaban J connectivity index is 1.86. The minimum atomic E-state index is -0.583. The molecule has 0 spiro atoms. The van der Waals surface area contributed by atoms with E-state index in [2.05, 4.69) is 5.32 Å². The van der Waals surface area contributed by atoms with Gasteiger partial charge < -0.3 is 15.3 Å². The third kappa shape index (κ3) is 3.13. The van der Waals surface area contributed by atoms with E-state index in [-0.39, 0.29) is 22.1 Å². The first-order valence-electron chi connectivity index (χ1n) is 8.06. The summed E-state index contributed by atoms with van der Waals surface area (Å²) < 4.78 is 0. The smallest absolute Gasteiger partial charge is 0.264 e. The molecular formula is C18H21ClN2O3S. The summed E-state index contributed by atoms with van der Waals surface area (Å²) in [7, 11) is 0. The number of carbonyl (C=O) groups is 2. The molecule has 0 aromatic heterocycles. The van der Waals surface area contributed by atoms with Crippen LogP contribution in [0.25, 0.3) is 0 Å². The summed E-state index contributed by atoms with van der Waals surface area (Å²) in [5, 5.41) is 13.7. The molecule has 25 heavy (non-hydrogen) atoms. The second-order valence-corrected chi connectivity index (χ2v) is 9.00. The van der Waals surface area contributed by atoms with Crippen LogP contribution in [0.2, 0.25) is 5.02 Å². The van der Waals surface area contributed by atoms with E-state index >= 15 is 0 Å². The molecule has 2 atom stereocenters. The van der Waals surface area contributed by atoms with Crippen LogP contribution in [0.15, 0.2) is 29.5 Å². The van der Waals surface area contributed by atoms with Crippen molar-refractivity contribution in [3.05, 3.63) is 40.1 Å². The summed E-state index contributed by atoms with van der Waals surface area (Å²) in [5.74, 6) is -0.527. The van der Waals surface area contributed by atoms with E-state index in [9.17, 15) is 14.7 Å². The molecular weight excluding hydrogens is 360 g/mol. The lowest BCUT2D eigenvalue weighted by atomic mass is 9.95. The molecule has 2 aliphatic heterocycles. The largest absolute Gasteiger partial charge is 0.509 e. The lowest BCUT2D eigenvalue weighted by Gasteiger charge is -2.33. The molecule has 2 heterocycles. The zero-order valence-corrected chi connectivity index (χ0v) is 16.2. The third-order valence-corrected chi connectivity index (χ3v) is 6.42. The predicted molar refractivity (Wildman–Crippen MR) is 101 cm³/mol. The summed E-state index contributed by atoms with van der Waals surface area (Å²) in [6.45, 7) is 7.96. The van der Waals surface area contributed by atoms with E-state index in [0.717, 1.165) is 5.56 Å². The molecule has 0 saturated carbocycles. The topological polar surface area (TPSA) is 69.6 Å². The fraction of sp³-hybridized carbons (Fsp3) is 0.444. The van der Waals surface area contributed by atoms with Crippen LogP contribution in [0.3, 0.4) is 0 Å². The SMILES string of the molecule is Cc1cc(Cl)ccc1NC(=O)C1=C(O)[C@H]2CS[C@H](C(C)(C)C)N2C1=O. The van der Waals surface area contributed by atoms with E-state index in [1.54, 1.807) is 34.9 Å². The van der Waals surface area contributed by atoms with E-state index in [1.165, 1.54) is 0 Å². The van der Waals surface area contributed by atoms with Gasteiger partial charge in [-0.15, -0.1) is 11.8 Å². The van der Waals surface area contributed by atoms with Crippen molar-refractivity contribution in [2.24, 2.45) is 5.41 Å². The molecule has 2 aliphatic rings. The minimum absolute atomic E-state index is 0.0743. The van der Waals surface area contributed by atoms with Gasteiger partial charge in [0.25, 0.3) is 11.8 Å². The van der Waals surface area contributed by atoms with Crippen molar-refractivity contribution in [1.82, 2.24) is 4.90 Å². The molecule has 0 unspecified atom stereocenters. The van der Waals surface area contributed by atoms with Gasteiger partial charge in [-0.25, -0.2) is 0 Å². The second kappa shape index (κ2) is 6.25. The van der Waals surface area contributed by atoms with Gasteiger partial charge in [-0.05, 0) is 36.1 Å². The molecule has 2 amide bonds. The van der Waals surface area contributed by atoms with Gasteiger partial charge in [0.2, 0.25) is 0 Å². The van der Waals surface area contributed by atoms with Crippen molar-refractivity contribution in [3.63, 3.8) is 0 Å². The Morgan fingerprint density at radius 3 is 2.68 bits per heavy atom. The van der Waals surface area contributed by atoms with E-state index in [0.29, 0.717) is 16.5 Å². The van der Waals surface area contributed by atoms with E-state index < -0.39 is 17.9 Å². The molecule has 1 fully saturated rings. The van der Waals surface area contributed by atoms with Gasteiger partial charge >= 0.3 is 0 Å². The Hall–Kier alpha value is -1.66. The molecule has 1 aromatic rings. The predicted octanol–water partition coefficient (Wildman–Crippen LogP) is 3.73. The Bertz CT molecular complexity index is 785. The second-order valence-electron chi connectivity index (χ2n) is 7.45. The number of aliphatic hydroxyl groups excluding tert-OH is 1. The number of rotatable bonds is 2. The number of carbonyl (C=O) groups excluding carboxylic acids is 2. The summed E-state index contributed by atoms with van der Waals surface area (Å²) in [4.78, 5) is 27.1. The van der Waals surface area contributed by atoms with Crippen molar-refractivity contribution in [3.8, 4) is 0 Å². The van der Waals surface area contributed by atoms with Gasteiger partial charge in [0.05, 0.1) is 5.37 Å². The summed E-state index contributed by atoms with van der Waals surface area (Å²) in [6.07, 6.45) is 0. The summed E-state index contributed by atoms with van der Waals surface area (Å²) in [5.41, 5.74) is 1.05. The molecule has 7 heteroatoms. The first kappa shape index (κ1) is 18.1. The number of nitrogens with one attached hydrogen (secondary N) is 1. The van der Waals surface area contributed by atoms with Gasteiger partial charge in [-0.3, -0.25) is 9.59 Å². The Labute approximate surface area is 156 Å². The number of aryl methyl sites for hydroxylation is 1. The monoisotopic (exact) mass is 380 g/mol. The number of fused-ring (bicyclic) bond motifs is 1. The number of aliphatic hydroxyl groups is 1. The normalized spacial score (nSPS) is 23.2. The number of hydrogen-bond acceptors (Lipinski definition) is 4. The van der Waals surface area contributed by atoms with Crippen LogP contribution >= 0.6 is 23.4 Å². The number of anilines is 1. The van der Waals surface area contributed by atoms with Crippen molar-refractivity contribution in [2.45, 2.75) is 39.1 Å². The van der Waals surface area contributed by atoms with Gasteiger partial charge in [0.15, 0.2) is 0 Å². The molecule has 5 nitrogen and oxygen atoms in total. The maximum absolute atomic E-state index is 12.8. The maximum Gasteiger partial charge on any atom is 0.264 e. The Kier molecular flexibility index (Phi) is 4.54. The lowest BCUT2D eigenvalue weighted by molar-refractivity contribution is -0.130. The molecule has 0 aliphatic carbocycles. The first-order chi connectivity index (χ1) is 11.6. The fourth-order valence-electron chi connectivity index (χ4n) is 3.20. The maximum atomic E-state index is 12.8. The van der Waals surface area contributed by atoms with Crippen molar-refractivity contribution in [1.29, 1.82) is 0 Å². The van der Waals surface area contributed by atoms with Gasteiger partial charge in [-0.2, -0.15) is 0 Å². The average molecular weight is 381 g/mol. The van der Waals surface area contributed by atoms with Gasteiger partial charge in [0, 0.05) is 16.5 Å². The molecule has 0 radical (unpaired) electrons. The molecule has 3 rings (SSSR count). The Morgan fingerprint density at radius 2 is 2.08 bits per heavy atom. The fourth-order valence-corrected chi connectivity index (χ4v) is 5.02. The van der Waals surface area contributed by atoms with Crippen LogP contribution in [0.4, 0.5) is 5.69 Å². The van der Waals surface area contributed by atoms with Gasteiger partial charge in [-0.1, -0.05) is 32.4 Å². The van der Waals surface area contributed by atoms with Crippen LogP contribution in [-0.4, -0.2) is 39.0 Å². The highest BCUT2D eigenvalue weighted by atomic mass is 35.5. The standard InChI is InChI=1S/C18H21ClN2O3S/c1-9-7-10(19)5-6-11(9)20-15(23)13-14(22)12-8-25-17(18(2,3)4)21(12)16(13)24/h5-7,12,17,22H,8H2,1-4H3,(H,20,23)/t12-,17-/m1/s1. The summed E-state index contributed by atoms with van der Waals surface area (Å²) in [6, 6.07) is 4.65. The highest BCUT2D eigenvalue weighted by Crippen LogP contribution is 2.45. The lowest BCUT2D eigenvalue weighted by Crippen LogP contribution is -2.44. The van der Waals surface area contributed by atoms with Crippen LogP contribution in [0.1, 0.15) is 26.3 Å². The number of nitrogens with zero attached hydrogens (tertiary/aromatic N) is 1. The van der Waals surface area contributed by atoms with E-state index in [4.69, 9.17) is 11.6 Å². The van der Waals surface area contributed by atoms with Crippen molar-refractivity contribution >= 4 is 40.9 Å². The number of halogens is 1. The zero-order chi connectivity index (χ0) is 18.5. The number of benzene rings is 1. The quantitative estimate of drug-likeness (QED) is 0.767. The summed E-state index contributed by atoms with van der Waals surface area (Å²) >= 11 is 7.56. The highest BCUT2D eigenvalue weighted by molar-refractivity contribution is 8.00. The van der Waals surface area contributed by atoms with Gasteiger partial charge in [0.1, 0.15) is 17.4 Å². The Morgan fingerprint density at radius 1 is 1.40 bits per heavy atom. The van der Waals surface area contributed by atoms with E-state index in [1.807, 2.05) is 27.7 Å². The number of thioether (sulfide) groups is 1.